The third kappa shape index (κ3) is 5.25. The van der Waals surface area contributed by atoms with Crippen molar-refractivity contribution in [2.75, 3.05) is 12.4 Å². The summed E-state index contributed by atoms with van der Waals surface area (Å²) < 4.78 is 7.81. The van der Waals surface area contributed by atoms with Crippen LogP contribution in [0.1, 0.15) is 70.9 Å². The molecule has 0 aliphatic heterocycles. The molecule has 0 bridgehead atoms. The number of benzene rings is 1. The summed E-state index contributed by atoms with van der Waals surface area (Å²) in [6.45, 7) is 13.7. The second kappa shape index (κ2) is 10.5. The Balaban J connectivity index is 1.93. The van der Waals surface area contributed by atoms with E-state index in [1.54, 1.807) is 22.4 Å². The van der Waals surface area contributed by atoms with Gasteiger partial charge < -0.3 is 4.74 Å². The molecule has 1 aliphatic carbocycles. The minimum Gasteiger partial charge on any atom is -0.494 e. The Morgan fingerprint density at radius 3 is 2.71 bits per heavy atom. The highest BCUT2D eigenvalue weighted by molar-refractivity contribution is 7.99. The first-order valence-electron chi connectivity index (χ1n) is 11.6. The molecule has 2 aromatic rings. The second-order valence-corrected chi connectivity index (χ2v) is 10.1. The highest BCUT2D eigenvalue weighted by Crippen LogP contribution is 2.42. The monoisotopic (exact) mass is 440 g/mol. The quantitative estimate of drug-likeness (QED) is 0.176. The van der Waals surface area contributed by atoms with Crippen molar-refractivity contribution in [1.29, 1.82) is 0 Å². The Labute approximate surface area is 191 Å². The third-order valence-electron chi connectivity index (χ3n) is 5.88. The smallest absolute Gasteiger partial charge is 0.258 e. The van der Waals surface area contributed by atoms with Crippen LogP contribution >= 0.6 is 11.8 Å². The topological polar surface area (TPSA) is 44.1 Å². The first kappa shape index (κ1) is 23.6. The molecule has 0 radical (unpaired) electrons. The normalized spacial score (nSPS) is 14.1. The third-order valence-corrected chi connectivity index (χ3v) is 6.74. The van der Waals surface area contributed by atoms with E-state index in [2.05, 4.69) is 46.4 Å². The van der Waals surface area contributed by atoms with Crippen LogP contribution in [0.3, 0.4) is 0 Å². The maximum Gasteiger partial charge on any atom is 0.258 e. The van der Waals surface area contributed by atoms with Crippen LogP contribution in [0.2, 0.25) is 0 Å². The van der Waals surface area contributed by atoms with Crippen molar-refractivity contribution in [3.05, 3.63) is 52.3 Å². The van der Waals surface area contributed by atoms with Crippen molar-refractivity contribution < 1.29 is 4.74 Å². The van der Waals surface area contributed by atoms with Crippen LogP contribution in [0.25, 0.3) is 11.3 Å². The lowest BCUT2D eigenvalue weighted by molar-refractivity contribution is 0.304. The van der Waals surface area contributed by atoms with Crippen LogP contribution in [-0.4, -0.2) is 21.9 Å². The summed E-state index contributed by atoms with van der Waals surface area (Å²) in [7, 11) is 0. The van der Waals surface area contributed by atoms with Gasteiger partial charge >= 0.3 is 0 Å². The van der Waals surface area contributed by atoms with Crippen LogP contribution in [-0.2, 0) is 18.4 Å². The molecule has 0 amide bonds. The van der Waals surface area contributed by atoms with Gasteiger partial charge in [-0.3, -0.25) is 9.36 Å². The molecule has 168 valence electrons. The van der Waals surface area contributed by atoms with Gasteiger partial charge in [0.2, 0.25) is 0 Å². The van der Waals surface area contributed by atoms with Gasteiger partial charge in [0.15, 0.2) is 5.16 Å². The maximum absolute atomic E-state index is 13.5. The first-order valence-corrected chi connectivity index (χ1v) is 12.6. The van der Waals surface area contributed by atoms with Gasteiger partial charge in [0, 0.05) is 23.1 Å². The minimum absolute atomic E-state index is 0.0592. The zero-order valence-electron chi connectivity index (χ0n) is 19.5. The first-order chi connectivity index (χ1) is 14.9. The molecule has 0 atom stereocenters. The fraction of sp³-hybridized carbons (Fsp3) is 0.538. The van der Waals surface area contributed by atoms with Gasteiger partial charge in [0.05, 0.1) is 12.3 Å². The van der Waals surface area contributed by atoms with Crippen molar-refractivity contribution in [1.82, 2.24) is 9.55 Å². The highest BCUT2D eigenvalue weighted by atomic mass is 32.2. The van der Waals surface area contributed by atoms with Crippen LogP contribution in [0.4, 0.5) is 0 Å². The molecule has 1 heterocycles. The highest BCUT2D eigenvalue weighted by Gasteiger charge is 2.36. The number of aromatic nitrogens is 2. The van der Waals surface area contributed by atoms with E-state index in [4.69, 9.17) is 9.72 Å². The van der Waals surface area contributed by atoms with E-state index < -0.39 is 0 Å². The van der Waals surface area contributed by atoms with Gasteiger partial charge in [0.1, 0.15) is 5.75 Å². The lowest BCUT2D eigenvalue weighted by Gasteiger charge is -2.33. The number of hydrogen-bond acceptors (Lipinski definition) is 4. The summed E-state index contributed by atoms with van der Waals surface area (Å²) in [6.07, 6.45) is 8.72. The predicted molar refractivity (Wildman–Crippen MR) is 132 cm³/mol. The van der Waals surface area contributed by atoms with Gasteiger partial charge in [-0.25, -0.2) is 4.98 Å². The molecule has 0 saturated heterocycles. The molecule has 0 saturated carbocycles. The van der Waals surface area contributed by atoms with E-state index in [1.807, 2.05) is 6.07 Å². The van der Waals surface area contributed by atoms with E-state index in [0.717, 1.165) is 52.9 Å². The maximum atomic E-state index is 13.5. The summed E-state index contributed by atoms with van der Waals surface area (Å²) in [5, 5.41) is 0.766. The minimum atomic E-state index is -0.288. The van der Waals surface area contributed by atoms with Crippen molar-refractivity contribution in [3.8, 4) is 17.0 Å². The summed E-state index contributed by atoms with van der Waals surface area (Å²) in [5.41, 5.74) is 3.69. The molecule has 3 rings (SSSR count). The Morgan fingerprint density at radius 2 is 2.00 bits per heavy atom. The average Bonchev–Trinajstić information content (AvgIpc) is 2.72. The number of rotatable bonds is 11. The second-order valence-electron chi connectivity index (χ2n) is 8.90. The van der Waals surface area contributed by atoms with Crippen molar-refractivity contribution in [2.24, 2.45) is 0 Å². The van der Waals surface area contributed by atoms with Gasteiger partial charge in [-0.05, 0) is 42.4 Å². The lowest BCUT2D eigenvalue weighted by atomic mass is 9.72. The largest absolute Gasteiger partial charge is 0.494 e. The Kier molecular flexibility index (Phi) is 8.04. The number of allylic oxidation sites excluding steroid dienone is 1. The standard InChI is InChI=1S/C26H36N2O2S/c1-6-9-10-11-12-16-30-20-13-14-21-19(17-20)18-26(4,5)22-23(21)27-25(31-8-3)28(15-7-2)24(22)29/h7,13-14,17H,2,6,8-12,15-16,18H2,1,3-5H3. The fourth-order valence-electron chi connectivity index (χ4n) is 4.37. The fourth-order valence-corrected chi connectivity index (χ4v) is 5.09. The average molecular weight is 441 g/mol. The molecule has 31 heavy (non-hydrogen) atoms. The Morgan fingerprint density at radius 1 is 1.23 bits per heavy atom. The van der Waals surface area contributed by atoms with Gasteiger partial charge in [0.25, 0.3) is 5.56 Å². The van der Waals surface area contributed by atoms with Crippen molar-refractivity contribution >= 4 is 11.8 Å². The van der Waals surface area contributed by atoms with E-state index in [9.17, 15) is 4.79 Å². The van der Waals surface area contributed by atoms with E-state index in [1.165, 1.54) is 31.2 Å². The number of unbranched alkanes of at least 4 members (excludes halogenated alkanes) is 4. The van der Waals surface area contributed by atoms with Gasteiger partial charge in [-0.1, -0.05) is 71.2 Å². The molecule has 1 aromatic heterocycles. The summed E-state index contributed by atoms with van der Waals surface area (Å²) in [5.74, 6) is 1.78. The summed E-state index contributed by atoms with van der Waals surface area (Å²) in [4.78, 5) is 18.5. The van der Waals surface area contributed by atoms with E-state index in [0.29, 0.717) is 6.54 Å². The zero-order chi connectivity index (χ0) is 22.4. The predicted octanol–water partition coefficient (Wildman–Crippen LogP) is 6.39. The Bertz CT molecular complexity index is 978. The molecule has 0 fully saturated rings. The van der Waals surface area contributed by atoms with Crippen molar-refractivity contribution in [2.45, 2.75) is 83.3 Å². The number of nitrogens with zero attached hydrogens (tertiary/aromatic N) is 2. The molecule has 1 aromatic carbocycles. The van der Waals surface area contributed by atoms with Crippen LogP contribution in [0, 0.1) is 0 Å². The summed E-state index contributed by atoms with van der Waals surface area (Å²) in [6, 6.07) is 6.26. The van der Waals surface area contributed by atoms with Crippen LogP contribution in [0.5, 0.6) is 5.75 Å². The molecule has 1 aliphatic rings. The van der Waals surface area contributed by atoms with Gasteiger partial charge in [-0.2, -0.15) is 0 Å². The van der Waals surface area contributed by atoms with Gasteiger partial charge in [-0.15, -0.1) is 6.58 Å². The van der Waals surface area contributed by atoms with Crippen LogP contribution < -0.4 is 10.3 Å². The number of ether oxygens (including phenoxy) is 1. The molecule has 0 N–H and O–H groups in total. The van der Waals surface area contributed by atoms with Crippen LogP contribution in [0.15, 0.2) is 40.8 Å². The molecule has 4 nitrogen and oxygen atoms in total. The molecule has 0 spiro atoms. The SMILES string of the molecule is C=CCn1c(SCC)nc2c(c1=O)C(C)(C)Cc1cc(OCCCCCCC)ccc1-2. The lowest BCUT2D eigenvalue weighted by Crippen LogP contribution is -2.38. The Hall–Kier alpha value is -2.01. The van der Waals surface area contributed by atoms with E-state index >= 15 is 0 Å². The zero-order valence-corrected chi connectivity index (χ0v) is 20.3. The van der Waals surface area contributed by atoms with E-state index in [-0.39, 0.29) is 11.0 Å². The number of hydrogen-bond donors (Lipinski definition) is 0. The summed E-state index contributed by atoms with van der Waals surface area (Å²) >= 11 is 1.61. The molecular formula is C26H36N2O2S. The molecular weight excluding hydrogens is 404 g/mol. The number of fused-ring (bicyclic) bond motifs is 3. The van der Waals surface area contributed by atoms with Crippen molar-refractivity contribution in [3.63, 3.8) is 0 Å². The number of thioether (sulfide) groups is 1. The molecule has 0 unspecified atom stereocenters. The molecule has 5 heteroatoms.